The van der Waals surface area contributed by atoms with Crippen LogP contribution in [0.4, 0.5) is 0 Å². The molecule has 1 aliphatic heterocycles. The van der Waals surface area contributed by atoms with Gasteiger partial charge in [0.05, 0.1) is 12.6 Å². The second kappa shape index (κ2) is 10.4. The lowest BCUT2D eigenvalue weighted by atomic mass is 10.0. The van der Waals surface area contributed by atoms with Crippen LogP contribution < -0.4 is 10.1 Å². The van der Waals surface area contributed by atoms with E-state index in [1.807, 2.05) is 24.3 Å². The number of likely N-dealkylation sites (tertiary alicyclic amines) is 1. The van der Waals surface area contributed by atoms with E-state index >= 15 is 0 Å². The Morgan fingerprint density at radius 2 is 1.69 bits per heavy atom. The van der Waals surface area contributed by atoms with Crippen LogP contribution in [0.5, 0.6) is 5.75 Å². The molecule has 0 bridgehead atoms. The molecule has 1 N–H and O–H groups in total. The van der Waals surface area contributed by atoms with Gasteiger partial charge in [-0.05, 0) is 73.7 Å². The summed E-state index contributed by atoms with van der Waals surface area (Å²) in [7, 11) is 0. The molecule has 1 fully saturated rings. The molecular formula is C25H34N2O2. The fourth-order valence-corrected chi connectivity index (χ4v) is 3.74. The second-order valence-electron chi connectivity index (χ2n) is 8.29. The Balaban J connectivity index is 1.62. The zero-order chi connectivity index (χ0) is 20.6. The maximum absolute atomic E-state index is 12.7. The smallest absolute Gasteiger partial charge is 0.251 e. The number of hydrogen-bond donors (Lipinski definition) is 1. The Morgan fingerprint density at radius 3 is 2.28 bits per heavy atom. The van der Waals surface area contributed by atoms with Crippen molar-refractivity contribution in [3.63, 3.8) is 0 Å². The van der Waals surface area contributed by atoms with Gasteiger partial charge in [0, 0.05) is 12.1 Å². The van der Waals surface area contributed by atoms with Crippen molar-refractivity contribution in [2.24, 2.45) is 5.92 Å². The summed E-state index contributed by atoms with van der Waals surface area (Å²) in [6, 6.07) is 16.5. The van der Waals surface area contributed by atoms with Crippen molar-refractivity contribution < 1.29 is 9.53 Å². The van der Waals surface area contributed by atoms with E-state index < -0.39 is 0 Å². The maximum Gasteiger partial charge on any atom is 0.251 e. The predicted molar refractivity (Wildman–Crippen MR) is 118 cm³/mol. The largest absolute Gasteiger partial charge is 0.493 e. The minimum Gasteiger partial charge on any atom is -0.493 e. The molecule has 2 aromatic rings. The molecule has 0 saturated carbocycles. The van der Waals surface area contributed by atoms with Crippen LogP contribution in [-0.4, -0.2) is 37.0 Å². The number of carbonyl (C=O) groups is 1. The molecule has 4 heteroatoms. The molecule has 0 aromatic heterocycles. The molecule has 4 nitrogen and oxygen atoms in total. The van der Waals surface area contributed by atoms with Gasteiger partial charge in [0.25, 0.3) is 5.91 Å². The lowest BCUT2D eigenvalue weighted by molar-refractivity contribution is 0.0938. The summed E-state index contributed by atoms with van der Waals surface area (Å²) in [5.74, 6) is 1.25. The lowest BCUT2D eigenvalue weighted by Gasteiger charge is -2.28. The van der Waals surface area contributed by atoms with Crippen LogP contribution in [-0.2, 0) is 6.42 Å². The summed E-state index contributed by atoms with van der Waals surface area (Å²) in [5, 5.41) is 3.15. The topological polar surface area (TPSA) is 41.6 Å². The Hall–Kier alpha value is -2.33. The van der Waals surface area contributed by atoms with Gasteiger partial charge in [0.15, 0.2) is 0 Å². The number of ether oxygens (including phenoxy) is 1. The number of amides is 1. The molecule has 1 heterocycles. The van der Waals surface area contributed by atoms with E-state index in [1.54, 1.807) is 0 Å². The second-order valence-corrected chi connectivity index (χ2v) is 8.29. The van der Waals surface area contributed by atoms with Crippen molar-refractivity contribution in [2.45, 2.75) is 46.1 Å². The van der Waals surface area contributed by atoms with Crippen LogP contribution in [0.2, 0.25) is 0 Å². The number of nitrogens with zero attached hydrogens (tertiary/aromatic N) is 1. The van der Waals surface area contributed by atoms with E-state index in [9.17, 15) is 4.79 Å². The zero-order valence-electron chi connectivity index (χ0n) is 18.0. The van der Waals surface area contributed by atoms with E-state index in [0.717, 1.165) is 25.3 Å². The first-order chi connectivity index (χ1) is 14.1. The van der Waals surface area contributed by atoms with Gasteiger partial charge in [-0.1, -0.05) is 45.0 Å². The molecule has 0 radical (unpaired) electrons. The summed E-state index contributed by atoms with van der Waals surface area (Å²) < 4.78 is 5.71. The molecule has 0 spiro atoms. The Labute approximate surface area is 175 Å². The number of rotatable bonds is 9. The Bertz CT molecular complexity index is 762. The highest BCUT2D eigenvalue weighted by molar-refractivity contribution is 5.94. The third-order valence-electron chi connectivity index (χ3n) is 5.51. The molecule has 1 aliphatic rings. The van der Waals surface area contributed by atoms with Gasteiger partial charge < -0.3 is 10.1 Å². The normalized spacial score (nSPS) is 15.4. The highest BCUT2D eigenvalue weighted by Gasteiger charge is 2.24. The first-order valence-electron chi connectivity index (χ1n) is 10.9. The summed E-state index contributed by atoms with van der Waals surface area (Å²) >= 11 is 0. The van der Waals surface area contributed by atoms with Crippen LogP contribution in [0, 0.1) is 5.92 Å². The average Bonchev–Trinajstić information content (AvgIpc) is 3.27. The molecular weight excluding hydrogens is 360 g/mol. The average molecular weight is 395 g/mol. The quantitative estimate of drug-likeness (QED) is 0.661. The molecule has 1 unspecified atom stereocenters. The van der Waals surface area contributed by atoms with E-state index in [2.05, 4.69) is 55.3 Å². The van der Waals surface area contributed by atoms with Gasteiger partial charge in [0.1, 0.15) is 5.75 Å². The van der Waals surface area contributed by atoms with E-state index in [0.29, 0.717) is 24.6 Å². The number of carbonyl (C=O) groups excluding carboxylic acids is 1. The monoisotopic (exact) mass is 394 g/mol. The SMILES string of the molecule is CCc1ccc(C(CNC(=O)c2ccc(OCC(C)C)cc2)N2CCCC2)cc1. The van der Waals surface area contributed by atoms with Crippen molar-refractivity contribution in [1.29, 1.82) is 0 Å². The van der Waals surface area contributed by atoms with Gasteiger partial charge in [-0.3, -0.25) is 9.69 Å². The van der Waals surface area contributed by atoms with Crippen molar-refractivity contribution in [3.8, 4) is 5.75 Å². The molecule has 156 valence electrons. The van der Waals surface area contributed by atoms with E-state index in [-0.39, 0.29) is 11.9 Å². The highest BCUT2D eigenvalue weighted by Crippen LogP contribution is 2.25. The van der Waals surface area contributed by atoms with Gasteiger partial charge >= 0.3 is 0 Å². The third-order valence-corrected chi connectivity index (χ3v) is 5.51. The maximum atomic E-state index is 12.7. The molecule has 1 atom stereocenters. The molecule has 29 heavy (non-hydrogen) atoms. The predicted octanol–water partition coefficient (Wildman–Crippen LogP) is 4.85. The number of nitrogens with one attached hydrogen (secondary N) is 1. The van der Waals surface area contributed by atoms with Crippen LogP contribution in [0.25, 0.3) is 0 Å². The van der Waals surface area contributed by atoms with Gasteiger partial charge in [-0.25, -0.2) is 0 Å². The van der Waals surface area contributed by atoms with Crippen LogP contribution in [0.15, 0.2) is 48.5 Å². The lowest BCUT2D eigenvalue weighted by Crippen LogP contribution is -2.36. The zero-order valence-corrected chi connectivity index (χ0v) is 18.0. The van der Waals surface area contributed by atoms with E-state index in [4.69, 9.17) is 4.74 Å². The highest BCUT2D eigenvalue weighted by atomic mass is 16.5. The van der Waals surface area contributed by atoms with Gasteiger partial charge in [0.2, 0.25) is 0 Å². The molecule has 1 saturated heterocycles. The summed E-state index contributed by atoms with van der Waals surface area (Å²) in [6.45, 7) is 9.90. The van der Waals surface area contributed by atoms with Gasteiger partial charge in [-0.15, -0.1) is 0 Å². The van der Waals surface area contributed by atoms with Gasteiger partial charge in [-0.2, -0.15) is 0 Å². The molecule has 2 aromatic carbocycles. The first-order valence-corrected chi connectivity index (χ1v) is 10.9. The Kier molecular flexibility index (Phi) is 7.70. The molecule has 3 rings (SSSR count). The minimum absolute atomic E-state index is 0.0326. The summed E-state index contributed by atoms with van der Waals surface area (Å²) in [6.07, 6.45) is 3.51. The first kappa shape index (κ1) is 21.4. The van der Waals surface area contributed by atoms with E-state index in [1.165, 1.54) is 24.0 Å². The van der Waals surface area contributed by atoms with Crippen molar-refractivity contribution in [3.05, 3.63) is 65.2 Å². The minimum atomic E-state index is -0.0326. The fraction of sp³-hybridized carbons (Fsp3) is 0.480. The van der Waals surface area contributed by atoms with Crippen LogP contribution >= 0.6 is 0 Å². The number of aryl methyl sites for hydroxylation is 1. The number of benzene rings is 2. The fourth-order valence-electron chi connectivity index (χ4n) is 3.74. The summed E-state index contributed by atoms with van der Waals surface area (Å²) in [4.78, 5) is 15.2. The molecule has 0 aliphatic carbocycles. The third kappa shape index (κ3) is 6.07. The molecule has 1 amide bonds. The van der Waals surface area contributed by atoms with Crippen molar-refractivity contribution in [2.75, 3.05) is 26.2 Å². The standard InChI is InChI=1S/C25H34N2O2/c1-4-20-7-9-21(10-8-20)24(27-15-5-6-16-27)17-26-25(28)22-11-13-23(14-12-22)29-18-19(2)3/h7-14,19,24H,4-6,15-18H2,1-3H3,(H,26,28). The van der Waals surface area contributed by atoms with Crippen molar-refractivity contribution >= 4 is 5.91 Å². The number of hydrogen-bond acceptors (Lipinski definition) is 3. The van der Waals surface area contributed by atoms with Crippen molar-refractivity contribution in [1.82, 2.24) is 10.2 Å². The summed E-state index contributed by atoms with van der Waals surface area (Å²) in [5.41, 5.74) is 3.29. The van der Waals surface area contributed by atoms with Crippen LogP contribution in [0.1, 0.15) is 61.1 Å². The Morgan fingerprint density at radius 1 is 1.03 bits per heavy atom. The van der Waals surface area contributed by atoms with Crippen LogP contribution in [0.3, 0.4) is 0 Å².